The number of amides is 1. The van der Waals surface area contributed by atoms with Crippen LogP contribution in [0.5, 0.6) is 0 Å². The molecular formula is C14H17F3N2O2. The smallest absolute Gasteiger partial charge is 0.377 e. The van der Waals surface area contributed by atoms with Crippen molar-refractivity contribution in [3.8, 4) is 0 Å². The number of anilines is 1. The highest BCUT2D eigenvalue weighted by Crippen LogP contribution is 2.34. The topological polar surface area (TPSA) is 50.4 Å². The van der Waals surface area contributed by atoms with Crippen LogP contribution >= 0.6 is 0 Å². The van der Waals surface area contributed by atoms with E-state index in [1.165, 1.54) is 18.2 Å². The highest BCUT2D eigenvalue weighted by Gasteiger charge is 2.33. The van der Waals surface area contributed by atoms with E-state index in [-0.39, 0.29) is 18.3 Å². The van der Waals surface area contributed by atoms with Gasteiger partial charge in [0.2, 0.25) is 5.91 Å². The SMILES string of the molecule is O=C(CNCC1CCCO1)Nc1ccccc1C(F)(F)F. The third kappa shape index (κ3) is 4.71. The lowest BCUT2D eigenvalue weighted by molar-refractivity contribution is -0.137. The van der Waals surface area contributed by atoms with Crippen LogP contribution in [0, 0.1) is 0 Å². The molecule has 0 aromatic heterocycles. The van der Waals surface area contributed by atoms with Gasteiger partial charge in [0.15, 0.2) is 0 Å². The van der Waals surface area contributed by atoms with Crippen molar-refractivity contribution in [2.75, 3.05) is 25.0 Å². The number of alkyl halides is 3. The average Bonchev–Trinajstić information content (AvgIpc) is 2.91. The van der Waals surface area contributed by atoms with Crippen molar-refractivity contribution in [1.29, 1.82) is 0 Å². The molecule has 0 radical (unpaired) electrons. The lowest BCUT2D eigenvalue weighted by atomic mass is 10.1. The van der Waals surface area contributed by atoms with Crippen molar-refractivity contribution in [2.24, 2.45) is 0 Å². The van der Waals surface area contributed by atoms with Crippen LogP contribution in [0.1, 0.15) is 18.4 Å². The molecule has 1 heterocycles. The molecule has 2 rings (SSSR count). The maximum Gasteiger partial charge on any atom is 0.418 e. The fourth-order valence-corrected chi connectivity index (χ4v) is 2.19. The van der Waals surface area contributed by atoms with Crippen LogP contribution in [0.15, 0.2) is 24.3 Å². The van der Waals surface area contributed by atoms with Crippen molar-refractivity contribution in [3.63, 3.8) is 0 Å². The lowest BCUT2D eigenvalue weighted by Crippen LogP contribution is -2.33. The van der Waals surface area contributed by atoms with Gasteiger partial charge in [0, 0.05) is 13.2 Å². The predicted octanol–water partition coefficient (Wildman–Crippen LogP) is 2.41. The zero-order chi connectivity index (χ0) is 15.3. The van der Waals surface area contributed by atoms with E-state index in [9.17, 15) is 18.0 Å². The maximum atomic E-state index is 12.8. The van der Waals surface area contributed by atoms with E-state index >= 15 is 0 Å². The Hall–Kier alpha value is -1.60. The highest BCUT2D eigenvalue weighted by atomic mass is 19.4. The van der Waals surface area contributed by atoms with E-state index in [1.807, 2.05) is 0 Å². The van der Waals surface area contributed by atoms with E-state index in [2.05, 4.69) is 10.6 Å². The molecule has 1 fully saturated rings. The molecule has 1 aromatic carbocycles. The number of hydrogen-bond acceptors (Lipinski definition) is 3. The predicted molar refractivity (Wildman–Crippen MR) is 71.9 cm³/mol. The average molecular weight is 302 g/mol. The number of hydrogen-bond donors (Lipinski definition) is 2. The fraction of sp³-hybridized carbons (Fsp3) is 0.500. The Morgan fingerprint density at radius 1 is 1.33 bits per heavy atom. The van der Waals surface area contributed by atoms with Gasteiger partial charge in [0.05, 0.1) is 23.9 Å². The molecule has 1 saturated heterocycles. The van der Waals surface area contributed by atoms with Crippen molar-refractivity contribution < 1.29 is 22.7 Å². The third-order valence-corrected chi connectivity index (χ3v) is 3.19. The van der Waals surface area contributed by atoms with Gasteiger partial charge in [-0.05, 0) is 25.0 Å². The summed E-state index contributed by atoms with van der Waals surface area (Å²) >= 11 is 0. The molecular weight excluding hydrogens is 285 g/mol. The third-order valence-electron chi connectivity index (χ3n) is 3.19. The molecule has 21 heavy (non-hydrogen) atoms. The fourth-order valence-electron chi connectivity index (χ4n) is 2.19. The largest absolute Gasteiger partial charge is 0.418 e. The zero-order valence-electron chi connectivity index (χ0n) is 11.4. The van der Waals surface area contributed by atoms with Crippen molar-refractivity contribution in [3.05, 3.63) is 29.8 Å². The van der Waals surface area contributed by atoms with Crippen LogP contribution in [0.4, 0.5) is 18.9 Å². The highest BCUT2D eigenvalue weighted by molar-refractivity contribution is 5.93. The zero-order valence-corrected chi connectivity index (χ0v) is 11.4. The van der Waals surface area contributed by atoms with Gasteiger partial charge in [-0.2, -0.15) is 13.2 Å². The molecule has 0 saturated carbocycles. The number of halogens is 3. The van der Waals surface area contributed by atoms with Crippen LogP contribution < -0.4 is 10.6 Å². The number of para-hydroxylation sites is 1. The Kier molecular flexibility index (Phi) is 5.19. The first kappa shape index (κ1) is 15.8. The van der Waals surface area contributed by atoms with Crippen molar-refractivity contribution in [1.82, 2.24) is 5.32 Å². The Morgan fingerprint density at radius 3 is 2.76 bits per heavy atom. The minimum Gasteiger partial charge on any atom is -0.377 e. The summed E-state index contributed by atoms with van der Waals surface area (Å²) in [6.07, 6.45) is -2.47. The summed E-state index contributed by atoms with van der Waals surface area (Å²) < 4.78 is 43.7. The van der Waals surface area contributed by atoms with E-state index in [0.717, 1.165) is 25.5 Å². The lowest BCUT2D eigenvalue weighted by Gasteiger charge is -2.14. The number of carbonyl (C=O) groups excluding carboxylic acids is 1. The van der Waals surface area contributed by atoms with Gasteiger partial charge in [0.25, 0.3) is 0 Å². The van der Waals surface area contributed by atoms with Gasteiger partial charge in [-0.25, -0.2) is 0 Å². The molecule has 1 aromatic rings. The second kappa shape index (κ2) is 6.91. The number of ether oxygens (including phenoxy) is 1. The van der Waals surface area contributed by atoms with Gasteiger partial charge in [-0.15, -0.1) is 0 Å². The van der Waals surface area contributed by atoms with Gasteiger partial charge in [-0.1, -0.05) is 12.1 Å². The Bertz CT molecular complexity index is 485. The van der Waals surface area contributed by atoms with E-state index < -0.39 is 17.6 Å². The second-order valence-corrected chi connectivity index (χ2v) is 4.86. The first-order valence-corrected chi connectivity index (χ1v) is 6.75. The minimum atomic E-state index is -4.49. The van der Waals surface area contributed by atoms with Crippen LogP contribution in [0.2, 0.25) is 0 Å². The Morgan fingerprint density at radius 2 is 2.10 bits per heavy atom. The van der Waals surface area contributed by atoms with Crippen molar-refractivity contribution in [2.45, 2.75) is 25.1 Å². The molecule has 0 aliphatic carbocycles. The molecule has 0 bridgehead atoms. The molecule has 2 N–H and O–H groups in total. The second-order valence-electron chi connectivity index (χ2n) is 4.86. The van der Waals surface area contributed by atoms with Crippen LogP contribution in [0.25, 0.3) is 0 Å². The molecule has 7 heteroatoms. The van der Waals surface area contributed by atoms with Gasteiger partial charge in [0.1, 0.15) is 0 Å². The van der Waals surface area contributed by atoms with E-state index in [0.29, 0.717) is 6.54 Å². The number of benzene rings is 1. The summed E-state index contributed by atoms with van der Waals surface area (Å²) in [5, 5.41) is 5.17. The molecule has 116 valence electrons. The Labute approximate surface area is 120 Å². The summed E-state index contributed by atoms with van der Waals surface area (Å²) in [5.41, 5.74) is -1.08. The van der Waals surface area contributed by atoms with Gasteiger partial charge in [-0.3, -0.25) is 4.79 Å². The van der Waals surface area contributed by atoms with Crippen LogP contribution in [0.3, 0.4) is 0 Å². The summed E-state index contributed by atoms with van der Waals surface area (Å²) in [7, 11) is 0. The van der Waals surface area contributed by atoms with Crippen LogP contribution in [-0.2, 0) is 15.7 Å². The molecule has 1 atom stereocenters. The number of carbonyl (C=O) groups is 1. The van der Waals surface area contributed by atoms with E-state index in [4.69, 9.17) is 4.74 Å². The van der Waals surface area contributed by atoms with Crippen LogP contribution in [-0.4, -0.2) is 31.7 Å². The molecule has 0 spiro atoms. The van der Waals surface area contributed by atoms with E-state index in [1.54, 1.807) is 0 Å². The summed E-state index contributed by atoms with van der Waals surface area (Å²) in [4.78, 5) is 11.7. The first-order chi connectivity index (χ1) is 9.97. The molecule has 1 aliphatic heterocycles. The molecule has 1 unspecified atom stereocenters. The summed E-state index contributed by atoms with van der Waals surface area (Å²) in [6, 6.07) is 4.91. The monoisotopic (exact) mass is 302 g/mol. The normalized spacial score (nSPS) is 18.7. The maximum absolute atomic E-state index is 12.8. The number of nitrogens with one attached hydrogen (secondary N) is 2. The first-order valence-electron chi connectivity index (χ1n) is 6.75. The molecule has 1 aliphatic rings. The minimum absolute atomic E-state index is 0.0496. The van der Waals surface area contributed by atoms with Crippen molar-refractivity contribution >= 4 is 11.6 Å². The molecule has 4 nitrogen and oxygen atoms in total. The van der Waals surface area contributed by atoms with Gasteiger partial charge >= 0.3 is 6.18 Å². The number of rotatable bonds is 5. The quantitative estimate of drug-likeness (QED) is 0.878. The summed E-state index contributed by atoms with van der Waals surface area (Å²) in [5.74, 6) is -0.510. The Balaban J connectivity index is 1.85. The standard InChI is InChI=1S/C14H17F3N2O2/c15-14(16,17)11-5-1-2-6-12(11)19-13(20)9-18-8-10-4-3-7-21-10/h1-2,5-6,10,18H,3-4,7-9H2,(H,19,20). The molecule has 1 amide bonds. The summed E-state index contributed by atoms with van der Waals surface area (Å²) in [6.45, 7) is 1.19. The van der Waals surface area contributed by atoms with Gasteiger partial charge < -0.3 is 15.4 Å².